The second-order valence-electron chi connectivity index (χ2n) is 4.00. The maximum Gasteiger partial charge on any atom is 0.0595 e. The Morgan fingerprint density at radius 1 is 1.27 bits per heavy atom. The Morgan fingerprint density at radius 3 is 2.47 bits per heavy atom. The molecule has 0 aromatic heterocycles. The molecule has 0 fully saturated rings. The lowest BCUT2D eigenvalue weighted by molar-refractivity contribution is 0.440. The lowest BCUT2D eigenvalue weighted by atomic mass is 9.94. The Balaban J connectivity index is 2.68. The fraction of sp³-hybridized carbons (Fsp3) is 0.500. The van der Waals surface area contributed by atoms with Crippen LogP contribution in [-0.2, 0) is 6.42 Å². The molecule has 0 saturated carbocycles. The molecule has 0 aliphatic rings. The summed E-state index contributed by atoms with van der Waals surface area (Å²) in [6.45, 7) is 4.32. The SMILES string of the molecule is CCC(C)C(N)Cc1ccc(Cl)c(Cl)c1. The minimum Gasteiger partial charge on any atom is -0.327 e. The molecule has 2 unspecified atom stereocenters. The van der Waals surface area contributed by atoms with Crippen LogP contribution < -0.4 is 5.73 Å². The molecule has 0 bridgehead atoms. The van der Waals surface area contributed by atoms with Crippen molar-refractivity contribution in [3.05, 3.63) is 33.8 Å². The van der Waals surface area contributed by atoms with Gasteiger partial charge in [0.05, 0.1) is 10.0 Å². The van der Waals surface area contributed by atoms with E-state index in [1.807, 2.05) is 18.2 Å². The number of hydrogen-bond donors (Lipinski definition) is 1. The normalized spacial score (nSPS) is 15.0. The van der Waals surface area contributed by atoms with Crippen molar-refractivity contribution in [2.75, 3.05) is 0 Å². The first-order valence-electron chi connectivity index (χ1n) is 5.24. The summed E-state index contributed by atoms with van der Waals surface area (Å²) >= 11 is 11.8. The second-order valence-corrected chi connectivity index (χ2v) is 4.82. The van der Waals surface area contributed by atoms with Crippen molar-refractivity contribution in [3.63, 3.8) is 0 Å². The van der Waals surface area contributed by atoms with Gasteiger partial charge in [-0.2, -0.15) is 0 Å². The van der Waals surface area contributed by atoms with Crippen molar-refractivity contribution in [1.29, 1.82) is 0 Å². The Morgan fingerprint density at radius 2 is 1.93 bits per heavy atom. The van der Waals surface area contributed by atoms with Crippen LogP contribution in [0.3, 0.4) is 0 Å². The summed E-state index contributed by atoms with van der Waals surface area (Å²) in [6.07, 6.45) is 1.95. The lowest BCUT2D eigenvalue weighted by Gasteiger charge is -2.18. The summed E-state index contributed by atoms with van der Waals surface area (Å²) in [5.41, 5.74) is 7.22. The van der Waals surface area contributed by atoms with E-state index in [2.05, 4.69) is 13.8 Å². The van der Waals surface area contributed by atoms with Crippen LogP contribution in [0, 0.1) is 5.92 Å². The van der Waals surface area contributed by atoms with E-state index in [4.69, 9.17) is 28.9 Å². The number of benzene rings is 1. The summed E-state index contributed by atoms with van der Waals surface area (Å²) in [7, 11) is 0. The average Bonchev–Trinajstić information content (AvgIpc) is 2.22. The minimum atomic E-state index is 0.187. The first-order chi connectivity index (χ1) is 7.04. The van der Waals surface area contributed by atoms with Gasteiger partial charge in [0.2, 0.25) is 0 Å². The molecule has 0 spiro atoms. The zero-order chi connectivity index (χ0) is 11.4. The van der Waals surface area contributed by atoms with Crippen LogP contribution >= 0.6 is 23.2 Å². The highest BCUT2D eigenvalue weighted by Gasteiger charge is 2.11. The molecule has 15 heavy (non-hydrogen) atoms. The molecule has 2 atom stereocenters. The summed E-state index contributed by atoms with van der Waals surface area (Å²) in [6, 6.07) is 5.89. The van der Waals surface area contributed by atoms with E-state index in [-0.39, 0.29) is 6.04 Å². The summed E-state index contributed by atoms with van der Waals surface area (Å²) < 4.78 is 0. The maximum atomic E-state index is 6.07. The molecule has 0 heterocycles. The molecule has 0 aliphatic heterocycles. The molecule has 0 saturated heterocycles. The van der Waals surface area contributed by atoms with E-state index in [0.29, 0.717) is 16.0 Å². The smallest absolute Gasteiger partial charge is 0.0595 e. The molecule has 0 amide bonds. The van der Waals surface area contributed by atoms with E-state index in [1.54, 1.807) is 0 Å². The summed E-state index contributed by atoms with van der Waals surface area (Å²) in [5, 5.41) is 1.20. The molecular weight excluding hydrogens is 229 g/mol. The van der Waals surface area contributed by atoms with Gasteiger partial charge in [0, 0.05) is 6.04 Å². The first-order valence-corrected chi connectivity index (χ1v) is 5.99. The van der Waals surface area contributed by atoms with Crippen molar-refractivity contribution < 1.29 is 0 Å². The minimum absolute atomic E-state index is 0.187. The lowest BCUT2D eigenvalue weighted by Crippen LogP contribution is -2.30. The van der Waals surface area contributed by atoms with Crippen LogP contribution in [-0.4, -0.2) is 6.04 Å². The van der Waals surface area contributed by atoms with Gasteiger partial charge in [0.1, 0.15) is 0 Å². The monoisotopic (exact) mass is 245 g/mol. The quantitative estimate of drug-likeness (QED) is 0.856. The molecule has 1 rings (SSSR count). The number of rotatable bonds is 4. The zero-order valence-electron chi connectivity index (χ0n) is 9.13. The van der Waals surface area contributed by atoms with Crippen LogP contribution in [0.25, 0.3) is 0 Å². The third-order valence-electron chi connectivity index (χ3n) is 2.83. The van der Waals surface area contributed by atoms with Gasteiger partial charge in [-0.1, -0.05) is 49.5 Å². The molecule has 2 N–H and O–H groups in total. The molecule has 1 aromatic rings. The van der Waals surface area contributed by atoms with E-state index < -0.39 is 0 Å². The largest absolute Gasteiger partial charge is 0.327 e. The van der Waals surface area contributed by atoms with Gasteiger partial charge in [-0.3, -0.25) is 0 Å². The van der Waals surface area contributed by atoms with E-state index in [0.717, 1.165) is 18.4 Å². The molecule has 1 nitrogen and oxygen atoms in total. The molecule has 3 heteroatoms. The molecule has 1 aromatic carbocycles. The van der Waals surface area contributed by atoms with Gasteiger partial charge in [0.25, 0.3) is 0 Å². The van der Waals surface area contributed by atoms with E-state index in [1.165, 1.54) is 0 Å². The number of halogens is 2. The highest BCUT2D eigenvalue weighted by molar-refractivity contribution is 6.42. The van der Waals surface area contributed by atoms with Crippen molar-refractivity contribution in [2.45, 2.75) is 32.7 Å². The average molecular weight is 246 g/mol. The van der Waals surface area contributed by atoms with Crippen molar-refractivity contribution in [1.82, 2.24) is 0 Å². The van der Waals surface area contributed by atoms with Gasteiger partial charge < -0.3 is 5.73 Å². The second kappa shape index (κ2) is 5.74. The van der Waals surface area contributed by atoms with Crippen molar-refractivity contribution in [3.8, 4) is 0 Å². The van der Waals surface area contributed by atoms with Crippen molar-refractivity contribution in [2.24, 2.45) is 11.7 Å². The van der Waals surface area contributed by atoms with Gasteiger partial charge in [-0.25, -0.2) is 0 Å². The first kappa shape index (κ1) is 12.8. The van der Waals surface area contributed by atoms with Gasteiger partial charge in [-0.15, -0.1) is 0 Å². The topological polar surface area (TPSA) is 26.0 Å². The van der Waals surface area contributed by atoms with Gasteiger partial charge in [0.15, 0.2) is 0 Å². The maximum absolute atomic E-state index is 6.07. The highest BCUT2D eigenvalue weighted by Crippen LogP contribution is 2.23. The Kier molecular flexibility index (Phi) is 4.91. The third kappa shape index (κ3) is 3.67. The summed E-state index contributed by atoms with van der Waals surface area (Å²) in [4.78, 5) is 0. The van der Waals surface area contributed by atoms with Crippen LogP contribution in [0.15, 0.2) is 18.2 Å². The molecular formula is C12H17Cl2N. The molecule has 0 radical (unpaired) electrons. The number of nitrogens with two attached hydrogens (primary N) is 1. The molecule has 0 aliphatic carbocycles. The van der Waals surface area contributed by atoms with E-state index >= 15 is 0 Å². The number of hydrogen-bond acceptors (Lipinski definition) is 1. The zero-order valence-corrected chi connectivity index (χ0v) is 10.6. The van der Waals surface area contributed by atoms with Crippen LogP contribution in [0.2, 0.25) is 10.0 Å². The Hall–Kier alpha value is -0.240. The van der Waals surface area contributed by atoms with Crippen LogP contribution in [0.1, 0.15) is 25.8 Å². The third-order valence-corrected chi connectivity index (χ3v) is 3.57. The Labute approximate surface area is 102 Å². The summed E-state index contributed by atoms with van der Waals surface area (Å²) in [5.74, 6) is 0.527. The van der Waals surface area contributed by atoms with E-state index in [9.17, 15) is 0 Å². The van der Waals surface area contributed by atoms with Crippen LogP contribution in [0.5, 0.6) is 0 Å². The fourth-order valence-electron chi connectivity index (χ4n) is 1.44. The van der Waals surface area contributed by atoms with Crippen LogP contribution in [0.4, 0.5) is 0 Å². The standard InChI is InChI=1S/C12H17Cl2N/c1-3-8(2)12(15)7-9-4-5-10(13)11(14)6-9/h4-6,8,12H,3,7,15H2,1-2H3. The van der Waals surface area contributed by atoms with Crippen molar-refractivity contribution >= 4 is 23.2 Å². The predicted molar refractivity (Wildman–Crippen MR) is 67.6 cm³/mol. The van der Waals surface area contributed by atoms with Gasteiger partial charge in [-0.05, 0) is 30.0 Å². The molecule has 84 valence electrons. The highest BCUT2D eigenvalue weighted by atomic mass is 35.5. The van der Waals surface area contributed by atoms with Gasteiger partial charge >= 0.3 is 0 Å². The predicted octanol–water partition coefficient (Wildman–Crippen LogP) is 3.91. The fourth-order valence-corrected chi connectivity index (χ4v) is 1.76. The Bertz CT molecular complexity index is 325.